The van der Waals surface area contributed by atoms with Crippen molar-refractivity contribution in [3.63, 3.8) is 0 Å². The third kappa shape index (κ3) is 6.56. The second kappa shape index (κ2) is 10.4. The summed E-state index contributed by atoms with van der Waals surface area (Å²) < 4.78 is 75.8. The summed E-state index contributed by atoms with van der Waals surface area (Å²) in [6.45, 7) is -1.09. The zero-order valence-electron chi connectivity index (χ0n) is 18.6. The van der Waals surface area contributed by atoms with Crippen molar-refractivity contribution in [2.24, 2.45) is 0 Å². The molecule has 1 aliphatic rings. The zero-order chi connectivity index (χ0) is 25.9. The number of nitro groups is 1. The molecule has 2 aromatic carbocycles. The van der Waals surface area contributed by atoms with Crippen LogP contribution in [0, 0.1) is 10.1 Å². The molecule has 35 heavy (non-hydrogen) atoms. The van der Waals surface area contributed by atoms with Crippen molar-refractivity contribution in [3.8, 4) is 11.5 Å². The highest BCUT2D eigenvalue weighted by Crippen LogP contribution is 2.40. The van der Waals surface area contributed by atoms with Gasteiger partial charge in [0.15, 0.2) is 5.75 Å². The molecule has 0 atom stereocenters. The number of alkyl halides is 5. The highest BCUT2D eigenvalue weighted by atomic mass is 19.4. The summed E-state index contributed by atoms with van der Waals surface area (Å²) >= 11 is 0. The lowest BCUT2D eigenvalue weighted by molar-refractivity contribution is -0.386. The molecule has 3 rings (SSSR count). The minimum Gasteiger partial charge on any atom is -0.490 e. The fourth-order valence-electron chi connectivity index (χ4n) is 3.45. The number of hydrogen-bond donors (Lipinski definition) is 1. The average Bonchev–Trinajstić information content (AvgIpc) is 2.73. The maximum atomic E-state index is 13.6. The van der Waals surface area contributed by atoms with Crippen LogP contribution < -0.4 is 14.8 Å². The Balaban J connectivity index is 1.77. The monoisotopic (exact) mass is 503 g/mol. The molecule has 0 saturated heterocycles. The number of nitrogens with zero attached hydrogens (tertiary/aromatic N) is 2. The zero-order valence-corrected chi connectivity index (χ0v) is 18.6. The van der Waals surface area contributed by atoms with E-state index in [1.54, 1.807) is 0 Å². The predicted octanol–water partition coefficient (Wildman–Crippen LogP) is 4.98. The lowest BCUT2D eigenvalue weighted by Gasteiger charge is -2.39. The van der Waals surface area contributed by atoms with Crippen LogP contribution in [0.4, 0.5) is 33.3 Å². The summed E-state index contributed by atoms with van der Waals surface area (Å²) in [6.07, 6.45) is -6.83. The van der Waals surface area contributed by atoms with Crippen molar-refractivity contribution in [2.45, 2.75) is 37.6 Å². The van der Waals surface area contributed by atoms with E-state index in [0.717, 1.165) is 24.3 Å². The number of ether oxygens (including phenoxy) is 2. The van der Waals surface area contributed by atoms with E-state index in [-0.39, 0.29) is 29.1 Å². The van der Waals surface area contributed by atoms with Crippen LogP contribution in [0.1, 0.15) is 28.8 Å². The normalized spacial score (nSPS) is 17.7. The van der Waals surface area contributed by atoms with E-state index in [4.69, 9.17) is 4.74 Å². The molecule has 8 nitrogen and oxygen atoms in total. The Morgan fingerprint density at radius 2 is 1.83 bits per heavy atom. The smallest absolute Gasteiger partial charge is 0.420 e. The molecule has 1 saturated carbocycles. The van der Waals surface area contributed by atoms with E-state index < -0.39 is 47.0 Å². The first kappa shape index (κ1) is 26.1. The molecular weight excluding hydrogens is 481 g/mol. The third-order valence-electron chi connectivity index (χ3n) is 5.42. The number of carbonyl (C=O) groups is 1. The van der Waals surface area contributed by atoms with Gasteiger partial charge < -0.3 is 19.7 Å². The first-order chi connectivity index (χ1) is 16.3. The number of amides is 1. The van der Waals surface area contributed by atoms with Crippen molar-refractivity contribution < 1.29 is 41.1 Å². The van der Waals surface area contributed by atoms with E-state index in [2.05, 4.69) is 10.1 Å². The second-order valence-electron chi connectivity index (χ2n) is 8.13. The van der Waals surface area contributed by atoms with Crippen LogP contribution in [-0.4, -0.2) is 55.0 Å². The van der Waals surface area contributed by atoms with Gasteiger partial charge in [0.1, 0.15) is 18.5 Å². The highest BCUT2D eigenvalue weighted by Gasteiger charge is 2.38. The van der Waals surface area contributed by atoms with Gasteiger partial charge in [0, 0.05) is 23.4 Å². The molecule has 0 spiro atoms. The Kier molecular flexibility index (Phi) is 7.78. The summed E-state index contributed by atoms with van der Waals surface area (Å²) in [5, 5.41) is 13.5. The van der Waals surface area contributed by atoms with Gasteiger partial charge >= 0.3 is 11.9 Å². The Hall–Kier alpha value is -3.48. The number of benzene rings is 2. The van der Waals surface area contributed by atoms with Crippen molar-refractivity contribution in [1.29, 1.82) is 0 Å². The van der Waals surface area contributed by atoms with E-state index in [9.17, 15) is 36.9 Å². The molecule has 1 N–H and O–H groups in total. The number of hydrogen-bond acceptors (Lipinski definition) is 6. The fraction of sp³-hybridized carbons (Fsp3) is 0.409. The first-order valence-corrected chi connectivity index (χ1v) is 10.4. The number of nitro benzene ring substituents is 1. The van der Waals surface area contributed by atoms with Gasteiger partial charge in [-0.2, -0.15) is 13.2 Å². The number of nitrogens with one attached hydrogen (secondary N) is 1. The van der Waals surface area contributed by atoms with E-state index in [1.165, 1.54) is 6.07 Å². The Bertz CT molecular complexity index is 1090. The molecule has 0 radical (unpaired) electrons. The summed E-state index contributed by atoms with van der Waals surface area (Å²) in [6, 6.07) is 6.09. The van der Waals surface area contributed by atoms with Crippen LogP contribution in [0.2, 0.25) is 0 Å². The summed E-state index contributed by atoms with van der Waals surface area (Å²) in [5.41, 5.74) is -2.31. The number of carbonyl (C=O) groups excluding carboxylic acids is 1. The molecule has 2 aromatic rings. The molecule has 13 heteroatoms. The molecule has 0 unspecified atom stereocenters. The molecular formula is C22H22F5N3O5. The Labute approximate surface area is 196 Å². The van der Waals surface area contributed by atoms with Gasteiger partial charge in [0.2, 0.25) is 0 Å². The van der Waals surface area contributed by atoms with Gasteiger partial charge in [-0.1, -0.05) is 0 Å². The number of anilines is 1. The quantitative estimate of drug-likeness (QED) is 0.295. The average molecular weight is 503 g/mol. The lowest BCUT2D eigenvalue weighted by Crippen LogP contribution is -2.46. The van der Waals surface area contributed by atoms with Crippen LogP contribution in [0.3, 0.4) is 0 Å². The van der Waals surface area contributed by atoms with E-state index in [1.807, 2.05) is 19.0 Å². The van der Waals surface area contributed by atoms with Crippen molar-refractivity contribution >= 4 is 17.3 Å². The second-order valence-corrected chi connectivity index (χ2v) is 8.13. The molecule has 1 amide bonds. The van der Waals surface area contributed by atoms with Crippen LogP contribution >= 0.6 is 0 Å². The predicted molar refractivity (Wildman–Crippen MR) is 115 cm³/mol. The maximum Gasteiger partial charge on any atom is 0.420 e. The molecule has 0 heterocycles. The third-order valence-corrected chi connectivity index (χ3v) is 5.42. The molecule has 1 fully saturated rings. The Morgan fingerprint density at radius 1 is 1.17 bits per heavy atom. The molecule has 1 aliphatic carbocycles. The highest BCUT2D eigenvalue weighted by molar-refractivity contribution is 6.05. The van der Waals surface area contributed by atoms with Crippen LogP contribution in [0.25, 0.3) is 0 Å². The van der Waals surface area contributed by atoms with Gasteiger partial charge in [-0.15, -0.1) is 0 Å². The van der Waals surface area contributed by atoms with Gasteiger partial charge in [-0.3, -0.25) is 14.9 Å². The maximum absolute atomic E-state index is 13.6. The molecule has 0 aromatic heterocycles. The summed E-state index contributed by atoms with van der Waals surface area (Å²) in [5.74, 6) is -1.78. The van der Waals surface area contributed by atoms with Gasteiger partial charge in [-0.25, -0.2) is 8.78 Å². The largest absolute Gasteiger partial charge is 0.490 e. The molecule has 190 valence electrons. The first-order valence-electron chi connectivity index (χ1n) is 10.4. The Morgan fingerprint density at radius 3 is 2.40 bits per heavy atom. The van der Waals surface area contributed by atoms with Gasteiger partial charge in [0.05, 0.1) is 10.5 Å². The standard InChI is InChI=1S/C22H22F5N3O5/c1-29(2)14-9-15(10-14)35-18-6-4-13(8-16(18)22(25,26)27)28-21(31)12-3-5-19(34-11-20(23)24)17(7-12)30(32)33/h3-8,14-15,20H,9-11H2,1-2H3,(H,28,31). The summed E-state index contributed by atoms with van der Waals surface area (Å²) in [7, 11) is 3.75. The number of halogens is 5. The lowest BCUT2D eigenvalue weighted by atomic mass is 9.88. The van der Waals surface area contributed by atoms with Crippen molar-refractivity contribution in [2.75, 3.05) is 26.0 Å². The van der Waals surface area contributed by atoms with E-state index >= 15 is 0 Å². The minimum atomic E-state index is -4.76. The van der Waals surface area contributed by atoms with Crippen molar-refractivity contribution in [1.82, 2.24) is 4.90 Å². The van der Waals surface area contributed by atoms with E-state index in [0.29, 0.717) is 18.9 Å². The topological polar surface area (TPSA) is 93.9 Å². The SMILES string of the molecule is CN(C)C1CC(Oc2ccc(NC(=O)c3ccc(OCC(F)F)c([N+](=O)[O-])c3)cc2C(F)(F)F)C1. The van der Waals surface area contributed by atoms with Crippen LogP contribution in [0.15, 0.2) is 36.4 Å². The van der Waals surface area contributed by atoms with Gasteiger partial charge in [-0.05, 0) is 57.3 Å². The fourth-order valence-corrected chi connectivity index (χ4v) is 3.45. The van der Waals surface area contributed by atoms with Crippen LogP contribution in [0.5, 0.6) is 11.5 Å². The number of rotatable bonds is 9. The van der Waals surface area contributed by atoms with Crippen molar-refractivity contribution in [3.05, 3.63) is 57.6 Å². The minimum absolute atomic E-state index is 0.213. The summed E-state index contributed by atoms with van der Waals surface area (Å²) in [4.78, 5) is 24.8. The molecule has 0 aliphatic heterocycles. The molecule has 0 bridgehead atoms. The van der Waals surface area contributed by atoms with Crippen LogP contribution in [-0.2, 0) is 6.18 Å². The van der Waals surface area contributed by atoms with Gasteiger partial charge in [0.25, 0.3) is 12.3 Å².